The van der Waals surface area contributed by atoms with Gasteiger partial charge < -0.3 is 10.0 Å². The van der Waals surface area contributed by atoms with Crippen LogP contribution in [0.2, 0.25) is 0 Å². The van der Waals surface area contributed by atoms with Crippen LogP contribution in [-0.2, 0) is 0 Å². The summed E-state index contributed by atoms with van der Waals surface area (Å²) in [4.78, 5) is 17.0. The Bertz CT molecular complexity index is 457. The van der Waals surface area contributed by atoms with Crippen LogP contribution in [0.15, 0.2) is 16.7 Å². The highest BCUT2D eigenvalue weighted by Gasteiger charge is 2.16. The van der Waals surface area contributed by atoms with E-state index in [2.05, 4.69) is 20.9 Å². The third kappa shape index (κ3) is 3.43. The van der Waals surface area contributed by atoms with Gasteiger partial charge in [0.15, 0.2) is 0 Å². The zero-order valence-electron chi connectivity index (χ0n) is 9.35. The molecule has 90 valence electrons. The lowest BCUT2D eigenvalue weighted by atomic mass is 10.2. The number of nitrogens with zero attached hydrogens (tertiary/aromatic N) is 3. The van der Waals surface area contributed by atoms with Crippen LogP contribution in [-0.4, -0.2) is 29.1 Å². The van der Waals surface area contributed by atoms with Crippen LogP contribution in [0.25, 0.3) is 0 Å². The zero-order valence-corrected chi connectivity index (χ0v) is 10.9. The Balaban J connectivity index is 3.10. The van der Waals surface area contributed by atoms with Gasteiger partial charge in [0.2, 0.25) is 0 Å². The predicted octanol–water partition coefficient (Wildman–Crippen LogP) is 2.28. The fourth-order valence-electron chi connectivity index (χ4n) is 1.44. The third-order valence-electron chi connectivity index (χ3n) is 2.24. The SMILES string of the molecule is CCN(CCC#N)c1ncc(Br)cc1C(=O)O. The highest BCUT2D eigenvalue weighted by Crippen LogP contribution is 2.21. The summed E-state index contributed by atoms with van der Waals surface area (Å²) < 4.78 is 0.620. The van der Waals surface area contributed by atoms with Gasteiger partial charge in [0.1, 0.15) is 11.4 Å². The van der Waals surface area contributed by atoms with Crippen molar-refractivity contribution < 1.29 is 9.90 Å². The van der Waals surface area contributed by atoms with Crippen molar-refractivity contribution in [3.8, 4) is 6.07 Å². The smallest absolute Gasteiger partial charge is 0.339 e. The second-order valence-corrected chi connectivity index (χ2v) is 4.23. The molecule has 5 nitrogen and oxygen atoms in total. The number of hydrogen-bond donors (Lipinski definition) is 1. The molecule has 0 spiro atoms. The van der Waals surface area contributed by atoms with Crippen molar-refractivity contribution >= 4 is 27.7 Å². The maximum absolute atomic E-state index is 11.1. The van der Waals surface area contributed by atoms with Crippen LogP contribution >= 0.6 is 15.9 Å². The van der Waals surface area contributed by atoms with E-state index in [0.717, 1.165) is 0 Å². The lowest BCUT2D eigenvalue weighted by Gasteiger charge is -2.22. The normalized spacial score (nSPS) is 9.71. The second kappa shape index (κ2) is 6.21. The summed E-state index contributed by atoms with van der Waals surface area (Å²) in [5.74, 6) is -0.623. The molecule has 6 heteroatoms. The molecule has 0 aromatic carbocycles. The van der Waals surface area contributed by atoms with Gasteiger partial charge in [-0.25, -0.2) is 9.78 Å². The van der Waals surface area contributed by atoms with E-state index in [4.69, 9.17) is 10.4 Å². The molecule has 0 amide bonds. The molecule has 0 radical (unpaired) electrons. The monoisotopic (exact) mass is 297 g/mol. The van der Waals surface area contributed by atoms with Crippen LogP contribution in [0.4, 0.5) is 5.82 Å². The molecule has 0 saturated carbocycles. The number of nitriles is 1. The van der Waals surface area contributed by atoms with Gasteiger partial charge in [0.25, 0.3) is 0 Å². The van der Waals surface area contributed by atoms with Gasteiger partial charge >= 0.3 is 5.97 Å². The number of carbonyl (C=O) groups is 1. The van der Waals surface area contributed by atoms with Gasteiger partial charge in [-0.3, -0.25) is 0 Å². The summed E-state index contributed by atoms with van der Waals surface area (Å²) >= 11 is 3.19. The van der Waals surface area contributed by atoms with E-state index in [-0.39, 0.29) is 5.56 Å². The molecule has 0 bridgehead atoms. The molecule has 0 aliphatic heterocycles. The van der Waals surface area contributed by atoms with Gasteiger partial charge in [-0.2, -0.15) is 5.26 Å². The average molecular weight is 298 g/mol. The van der Waals surface area contributed by atoms with Gasteiger partial charge in [-0.05, 0) is 28.9 Å². The van der Waals surface area contributed by atoms with Gasteiger partial charge in [0.05, 0.1) is 12.5 Å². The summed E-state index contributed by atoms with van der Waals surface area (Å²) in [5.41, 5.74) is 0.138. The fraction of sp³-hybridized carbons (Fsp3) is 0.364. The van der Waals surface area contributed by atoms with Crippen LogP contribution in [0.3, 0.4) is 0 Å². The van der Waals surface area contributed by atoms with Gasteiger partial charge in [-0.1, -0.05) is 0 Å². The van der Waals surface area contributed by atoms with E-state index >= 15 is 0 Å². The summed E-state index contributed by atoms with van der Waals surface area (Å²) in [5, 5.41) is 17.7. The number of carboxylic acid groups (broad SMARTS) is 1. The Morgan fingerprint density at radius 1 is 1.71 bits per heavy atom. The van der Waals surface area contributed by atoms with Crippen molar-refractivity contribution in [1.82, 2.24) is 4.98 Å². The molecular weight excluding hydrogens is 286 g/mol. The van der Waals surface area contributed by atoms with Crippen molar-refractivity contribution in [1.29, 1.82) is 5.26 Å². The Morgan fingerprint density at radius 2 is 2.41 bits per heavy atom. The van der Waals surface area contributed by atoms with Crippen molar-refractivity contribution in [2.45, 2.75) is 13.3 Å². The largest absolute Gasteiger partial charge is 0.478 e. The second-order valence-electron chi connectivity index (χ2n) is 3.32. The van der Waals surface area contributed by atoms with Gasteiger partial charge in [-0.15, -0.1) is 0 Å². The highest BCUT2D eigenvalue weighted by molar-refractivity contribution is 9.10. The standard InChI is InChI=1S/C11H12BrN3O2/c1-2-15(5-3-4-13)10-9(11(16)17)6-8(12)7-14-10/h6-7H,2-3,5H2,1H3,(H,16,17). The number of carboxylic acids is 1. The van der Waals surface area contributed by atoms with Crippen LogP contribution in [0.5, 0.6) is 0 Å². The number of rotatable bonds is 5. The van der Waals surface area contributed by atoms with E-state index in [1.165, 1.54) is 6.07 Å². The Labute approximate surface area is 108 Å². The molecular formula is C11H12BrN3O2. The molecule has 0 atom stereocenters. The van der Waals surface area contributed by atoms with Gasteiger partial charge in [0, 0.05) is 23.8 Å². The highest BCUT2D eigenvalue weighted by atomic mass is 79.9. The molecule has 1 heterocycles. The fourth-order valence-corrected chi connectivity index (χ4v) is 1.77. The molecule has 1 N–H and O–H groups in total. The van der Waals surface area contributed by atoms with E-state index in [1.807, 2.05) is 13.0 Å². The van der Waals surface area contributed by atoms with Crippen molar-refractivity contribution in [2.75, 3.05) is 18.0 Å². The summed E-state index contributed by atoms with van der Waals surface area (Å²) in [6.45, 7) is 2.98. The molecule has 0 unspecified atom stereocenters. The average Bonchev–Trinajstić information content (AvgIpc) is 2.31. The third-order valence-corrected chi connectivity index (χ3v) is 2.67. The minimum Gasteiger partial charge on any atom is -0.478 e. The van der Waals surface area contributed by atoms with Crippen LogP contribution < -0.4 is 4.90 Å². The minimum absolute atomic E-state index is 0.138. The first-order valence-electron chi connectivity index (χ1n) is 5.10. The van der Waals surface area contributed by atoms with E-state index in [0.29, 0.717) is 29.8 Å². The quantitative estimate of drug-likeness (QED) is 0.902. The molecule has 1 aromatic rings. The molecule has 0 aliphatic carbocycles. The molecule has 0 saturated heterocycles. The number of aromatic nitrogens is 1. The first kappa shape index (κ1) is 13.5. The summed E-state index contributed by atoms with van der Waals surface area (Å²) in [6, 6.07) is 3.55. The van der Waals surface area contributed by atoms with E-state index in [9.17, 15) is 4.79 Å². The number of anilines is 1. The number of hydrogen-bond acceptors (Lipinski definition) is 4. The number of pyridine rings is 1. The van der Waals surface area contributed by atoms with Crippen molar-refractivity contribution in [3.63, 3.8) is 0 Å². The number of aromatic carboxylic acids is 1. The van der Waals surface area contributed by atoms with Crippen LogP contribution in [0, 0.1) is 11.3 Å². The molecule has 1 aromatic heterocycles. The molecule has 1 rings (SSSR count). The Hall–Kier alpha value is -1.61. The Morgan fingerprint density at radius 3 is 2.94 bits per heavy atom. The summed E-state index contributed by atoms with van der Waals surface area (Å²) in [6.07, 6.45) is 1.89. The first-order chi connectivity index (χ1) is 8.10. The van der Waals surface area contributed by atoms with Crippen molar-refractivity contribution in [3.05, 3.63) is 22.3 Å². The lowest BCUT2D eigenvalue weighted by Crippen LogP contribution is -2.26. The lowest BCUT2D eigenvalue weighted by molar-refractivity contribution is 0.0697. The van der Waals surface area contributed by atoms with Crippen molar-refractivity contribution in [2.24, 2.45) is 0 Å². The molecule has 0 fully saturated rings. The maximum Gasteiger partial charge on any atom is 0.339 e. The predicted molar refractivity (Wildman–Crippen MR) is 67.0 cm³/mol. The minimum atomic E-state index is -1.02. The first-order valence-corrected chi connectivity index (χ1v) is 5.90. The Kier molecular flexibility index (Phi) is 4.91. The zero-order chi connectivity index (χ0) is 12.8. The topological polar surface area (TPSA) is 77.2 Å². The summed E-state index contributed by atoms with van der Waals surface area (Å²) in [7, 11) is 0. The maximum atomic E-state index is 11.1. The van der Waals surface area contributed by atoms with Crippen LogP contribution in [0.1, 0.15) is 23.7 Å². The van der Waals surface area contributed by atoms with E-state index < -0.39 is 5.97 Å². The molecule has 17 heavy (non-hydrogen) atoms. The molecule has 0 aliphatic rings. The van der Waals surface area contributed by atoms with E-state index in [1.54, 1.807) is 11.1 Å². The number of halogens is 1.